The van der Waals surface area contributed by atoms with E-state index in [1.807, 2.05) is 0 Å². The lowest BCUT2D eigenvalue weighted by Gasteiger charge is -2.42. The molecule has 0 amide bonds. The number of benzene rings is 1. The molecule has 0 atom stereocenters. The SMILES string of the molecule is CCC1(CC)CCC(c2cc(N3CCOCC3)ccc2N2CCN(CC3CCOCC3)CC2)CC1.Cl. The number of piperazine rings is 1. The first-order valence-corrected chi connectivity index (χ1v) is 14.7. The summed E-state index contributed by atoms with van der Waals surface area (Å²) in [6, 6.07) is 7.43. The standard InChI is InChI=1S/C30H49N3O2.ClH/c1-3-30(4-2)11-7-26(8-12-30)28-23-27(32-17-21-35-22-18-32)5-6-29(28)33-15-13-31(14-16-33)24-25-9-19-34-20-10-25;/h5-6,23,25-26H,3-4,7-22,24H2,1-2H3;1H. The van der Waals surface area contributed by atoms with E-state index in [4.69, 9.17) is 9.47 Å². The predicted molar refractivity (Wildman–Crippen MR) is 153 cm³/mol. The Morgan fingerprint density at radius 1 is 0.778 bits per heavy atom. The van der Waals surface area contributed by atoms with Crippen LogP contribution >= 0.6 is 12.4 Å². The summed E-state index contributed by atoms with van der Waals surface area (Å²) >= 11 is 0. The fourth-order valence-corrected chi connectivity index (χ4v) is 7.14. The van der Waals surface area contributed by atoms with Crippen LogP contribution < -0.4 is 9.80 Å². The largest absolute Gasteiger partial charge is 0.381 e. The van der Waals surface area contributed by atoms with Crippen LogP contribution in [0.5, 0.6) is 0 Å². The molecule has 1 aromatic rings. The Balaban J connectivity index is 0.00000304. The van der Waals surface area contributed by atoms with Crippen molar-refractivity contribution >= 4 is 23.8 Å². The highest BCUT2D eigenvalue weighted by Crippen LogP contribution is 2.49. The highest BCUT2D eigenvalue weighted by Gasteiger charge is 2.34. The van der Waals surface area contributed by atoms with Gasteiger partial charge in [-0.1, -0.05) is 26.7 Å². The Hall–Kier alpha value is -1.01. The van der Waals surface area contributed by atoms with Crippen molar-refractivity contribution in [2.45, 2.75) is 71.1 Å². The Labute approximate surface area is 226 Å². The van der Waals surface area contributed by atoms with Crippen molar-refractivity contribution in [1.82, 2.24) is 4.90 Å². The average Bonchev–Trinajstić information content (AvgIpc) is 2.94. The molecule has 1 aliphatic carbocycles. The van der Waals surface area contributed by atoms with Crippen molar-refractivity contribution < 1.29 is 9.47 Å². The Bertz CT molecular complexity index is 787. The Morgan fingerprint density at radius 2 is 1.42 bits per heavy atom. The van der Waals surface area contributed by atoms with E-state index >= 15 is 0 Å². The molecule has 1 aromatic carbocycles. The molecule has 3 saturated heterocycles. The van der Waals surface area contributed by atoms with E-state index in [1.54, 1.807) is 5.56 Å². The van der Waals surface area contributed by atoms with E-state index in [0.717, 1.165) is 58.5 Å². The van der Waals surface area contributed by atoms with Gasteiger partial charge in [0.25, 0.3) is 0 Å². The zero-order valence-electron chi connectivity index (χ0n) is 22.9. The van der Waals surface area contributed by atoms with Gasteiger partial charge in [-0.2, -0.15) is 0 Å². The molecule has 3 heterocycles. The van der Waals surface area contributed by atoms with Crippen LogP contribution in [-0.2, 0) is 9.47 Å². The lowest BCUT2D eigenvalue weighted by atomic mass is 9.66. The number of ether oxygens (including phenoxy) is 2. The van der Waals surface area contributed by atoms with Crippen LogP contribution in [0.2, 0.25) is 0 Å². The predicted octanol–water partition coefficient (Wildman–Crippen LogP) is 5.96. The molecule has 0 aromatic heterocycles. The second kappa shape index (κ2) is 13.2. The molecule has 6 heteroatoms. The van der Waals surface area contributed by atoms with Crippen LogP contribution in [0.3, 0.4) is 0 Å². The normalized spacial score (nSPS) is 24.5. The Kier molecular flexibility index (Phi) is 10.3. The first kappa shape index (κ1) is 28.0. The third-order valence-corrected chi connectivity index (χ3v) is 9.94. The minimum atomic E-state index is 0. The van der Waals surface area contributed by atoms with Crippen molar-refractivity contribution in [1.29, 1.82) is 0 Å². The summed E-state index contributed by atoms with van der Waals surface area (Å²) in [5, 5.41) is 0. The molecule has 0 unspecified atom stereocenters. The molecule has 5 nitrogen and oxygen atoms in total. The van der Waals surface area contributed by atoms with E-state index in [2.05, 4.69) is 46.7 Å². The van der Waals surface area contributed by atoms with Gasteiger partial charge in [0.05, 0.1) is 13.2 Å². The summed E-state index contributed by atoms with van der Waals surface area (Å²) in [6.07, 6.45) is 10.7. The van der Waals surface area contributed by atoms with Gasteiger partial charge in [0.2, 0.25) is 0 Å². The van der Waals surface area contributed by atoms with Gasteiger partial charge >= 0.3 is 0 Å². The van der Waals surface area contributed by atoms with Crippen molar-refractivity contribution in [2.24, 2.45) is 11.3 Å². The first-order valence-electron chi connectivity index (χ1n) is 14.7. The second-order valence-electron chi connectivity index (χ2n) is 11.7. The number of hydrogen-bond donors (Lipinski definition) is 0. The van der Waals surface area contributed by atoms with E-state index in [-0.39, 0.29) is 12.4 Å². The second-order valence-corrected chi connectivity index (χ2v) is 11.7. The molecule has 4 fully saturated rings. The summed E-state index contributed by atoms with van der Waals surface area (Å²) in [4.78, 5) is 7.96. The molecule has 5 rings (SSSR count). The number of rotatable bonds is 7. The number of anilines is 2. The maximum atomic E-state index is 5.64. The van der Waals surface area contributed by atoms with Gasteiger partial charge in [0.1, 0.15) is 0 Å². The van der Waals surface area contributed by atoms with E-state index in [0.29, 0.717) is 11.3 Å². The van der Waals surface area contributed by atoms with Crippen LogP contribution in [0.4, 0.5) is 11.4 Å². The van der Waals surface area contributed by atoms with Gasteiger partial charge in [-0.25, -0.2) is 0 Å². The zero-order chi connectivity index (χ0) is 24.1. The molecule has 1 saturated carbocycles. The summed E-state index contributed by atoms with van der Waals surface area (Å²) in [7, 11) is 0. The fourth-order valence-electron chi connectivity index (χ4n) is 7.14. The summed E-state index contributed by atoms with van der Waals surface area (Å²) in [6.45, 7) is 16.5. The van der Waals surface area contributed by atoms with Crippen molar-refractivity contribution in [3.05, 3.63) is 23.8 Å². The first-order chi connectivity index (χ1) is 17.2. The fraction of sp³-hybridized carbons (Fsp3) is 0.800. The minimum absolute atomic E-state index is 0. The lowest BCUT2D eigenvalue weighted by Crippen LogP contribution is -2.48. The quantitative estimate of drug-likeness (QED) is 0.443. The highest BCUT2D eigenvalue weighted by molar-refractivity contribution is 5.85. The van der Waals surface area contributed by atoms with Crippen LogP contribution in [0.25, 0.3) is 0 Å². The number of halogens is 1. The topological polar surface area (TPSA) is 28.2 Å². The van der Waals surface area contributed by atoms with Gasteiger partial charge in [0.15, 0.2) is 0 Å². The summed E-state index contributed by atoms with van der Waals surface area (Å²) in [5.74, 6) is 1.54. The van der Waals surface area contributed by atoms with Crippen molar-refractivity contribution in [3.63, 3.8) is 0 Å². The molecular formula is C30H50ClN3O2. The van der Waals surface area contributed by atoms with Crippen LogP contribution in [-0.4, -0.2) is 77.1 Å². The third kappa shape index (κ3) is 6.51. The van der Waals surface area contributed by atoms with Gasteiger partial charge in [-0.3, -0.25) is 4.90 Å². The molecule has 0 bridgehead atoms. The molecule has 36 heavy (non-hydrogen) atoms. The smallest absolute Gasteiger partial charge is 0.0642 e. The van der Waals surface area contributed by atoms with E-state index < -0.39 is 0 Å². The maximum absolute atomic E-state index is 5.64. The number of nitrogens with zero attached hydrogens (tertiary/aromatic N) is 3. The summed E-state index contributed by atoms with van der Waals surface area (Å²) in [5.41, 5.74) is 5.16. The van der Waals surface area contributed by atoms with Gasteiger partial charge in [-0.15, -0.1) is 12.4 Å². The molecule has 0 spiro atoms. The highest BCUT2D eigenvalue weighted by atomic mass is 35.5. The van der Waals surface area contributed by atoms with Crippen molar-refractivity contribution in [2.75, 3.05) is 82.0 Å². The number of morpholine rings is 1. The van der Waals surface area contributed by atoms with E-state index in [9.17, 15) is 0 Å². The monoisotopic (exact) mass is 519 g/mol. The zero-order valence-corrected chi connectivity index (χ0v) is 23.7. The lowest BCUT2D eigenvalue weighted by molar-refractivity contribution is 0.0517. The van der Waals surface area contributed by atoms with Crippen LogP contribution in [0, 0.1) is 11.3 Å². The Morgan fingerprint density at radius 3 is 2.06 bits per heavy atom. The average molecular weight is 520 g/mol. The third-order valence-electron chi connectivity index (χ3n) is 9.94. The minimum Gasteiger partial charge on any atom is -0.381 e. The maximum Gasteiger partial charge on any atom is 0.0642 e. The molecule has 0 radical (unpaired) electrons. The van der Waals surface area contributed by atoms with E-state index in [1.165, 1.54) is 82.4 Å². The van der Waals surface area contributed by atoms with Crippen molar-refractivity contribution in [3.8, 4) is 0 Å². The van der Waals surface area contributed by atoms with Crippen LogP contribution in [0.1, 0.15) is 76.7 Å². The van der Waals surface area contributed by atoms with Gasteiger partial charge in [0, 0.05) is 70.4 Å². The molecular weight excluding hydrogens is 470 g/mol. The molecule has 3 aliphatic heterocycles. The molecule has 4 aliphatic rings. The van der Waals surface area contributed by atoms with Gasteiger partial charge < -0.3 is 19.3 Å². The number of hydrogen-bond acceptors (Lipinski definition) is 5. The summed E-state index contributed by atoms with van der Waals surface area (Å²) < 4.78 is 11.2. The molecule has 0 N–H and O–H groups in total. The van der Waals surface area contributed by atoms with Crippen LogP contribution in [0.15, 0.2) is 18.2 Å². The molecule has 204 valence electrons. The van der Waals surface area contributed by atoms with Gasteiger partial charge in [-0.05, 0) is 79.5 Å².